The van der Waals surface area contributed by atoms with Crippen molar-refractivity contribution < 1.29 is 22.7 Å². The van der Waals surface area contributed by atoms with Crippen LogP contribution in [0.3, 0.4) is 0 Å². The SMILES string of the molecule is O=C(O)c1cc(S(=O)(=O)NCC2CCSC2)c(Br)o1. The maximum Gasteiger partial charge on any atom is 0.371 e. The van der Waals surface area contributed by atoms with Crippen LogP contribution < -0.4 is 4.72 Å². The number of hydrogen-bond acceptors (Lipinski definition) is 5. The van der Waals surface area contributed by atoms with E-state index in [1.165, 1.54) is 0 Å². The highest BCUT2D eigenvalue weighted by atomic mass is 79.9. The minimum Gasteiger partial charge on any atom is -0.475 e. The second-order valence-electron chi connectivity index (χ2n) is 4.14. The molecule has 0 radical (unpaired) electrons. The van der Waals surface area contributed by atoms with Crippen molar-refractivity contribution in [2.45, 2.75) is 11.3 Å². The van der Waals surface area contributed by atoms with Crippen molar-refractivity contribution in [1.29, 1.82) is 0 Å². The monoisotopic (exact) mass is 369 g/mol. The Labute approximate surface area is 123 Å². The van der Waals surface area contributed by atoms with Gasteiger partial charge in [0.2, 0.25) is 15.8 Å². The highest BCUT2D eigenvalue weighted by Crippen LogP contribution is 2.27. The predicted octanol–water partition coefficient (Wildman–Crippen LogP) is 1.77. The van der Waals surface area contributed by atoms with Gasteiger partial charge in [0.05, 0.1) is 0 Å². The summed E-state index contributed by atoms with van der Waals surface area (Å²) in [6.45, 7) is 0.357. The molecular weight excluding hydrogens is 358 g/mol. The smallest absolute Gasteiger partial charge is 0.371 e. The fraction of sp³-hybridized carbons (Fsp3) is 0.500. The molecule has 2 N–H and O–H groups in total. The molecule has 1 atom stereocenters. The van der Waals surface area contributed by atoms with Crippen molar-refractivity contribution in [3.05, 3.63) is 16.5 Å². The van der Waals surface area contributed by atoms with Crippen LogP contribution in [0.25, 0.3) is 0 Å². The number of carbonyl (C=O) groups is 1. The molecule has 6 nitrogen and oxygen atoms in total. The zero-order valence-electron chi connectivity index (χ0n) is 9.76. The van der Waals surface area contributed by atoms with Crippen LogP contribution in [0.2, 0.25) is 0 Å². The van der Waals surface area contributed by atoms with Crippen LogP contribution in [0.1, 0.15) is 17.0 Å². The maximum atomic E-state index is 12.0. The van der Waals surface area contributed by atoms with Crippen molar-refractivity contribution in [1.82, 2.24) is 4.72 Å². The third kappa shape index (κ3) is 3.53. The Kier molecular flexibility index (Phi) is 4.59. The van der Waals surface area contributed by atoms with Gasteiger partial charge in [0.15, 0.2) is 4.67 Å². The highest BCUT2D eigenvalue weighted by molar-refractivity contribution is 9.10. The first-order chi connectivity index (χ1) is 8.90. The van der Waals surface area contributed by atoms with Crippen molar-refractivity contribution >= 4 is 43.7 Å². The third-order valence-electron chi connectivity index (χ3n) is 2.74. The van der Waals surface area contributed by atoms with Gasteiger partial charge in [0.1, 0.15) is 4.90 Å². The zero-order valence-corrected chi connectivity index (χ0v) is 13.0. The molecule has 1 aromatic rings. The molecular formula is C10H12BrNO5S2. The normalized spacial score (nSPS) is 19.7. The molecule has 0 saturated carbocycles. The van der Waals surface area contributed by atoms with Crippen molar-refractivity contribution in [3.8, 4) is 0 Å². The molecule has 0 spiro atoms. The molecule has 1 unspecified atom stereocenters. The first-order valence-corrected chi connectivity index (χ1v) is 8.93. The van der Waals surface area contributed by atoms with E-state index in [2.05, 4.69) is 20.7 Å². The van der Waals surface area contributed by atoms with E-state index in [0.29, 0.717) is 12.5 Å². The van der Waals surface area contributed by atoms with Crippen LogP contribution in [0, 0.1) is 5.92 Å². The Morgan fingerprint density at radius 2 is 2.37 bits per heavy atom. The van der Waals surface area contributed by atoms with Crippen molar-refractivity contribution in [3.63, 3.8) is 0 Å². The molecule has 19 heavy (non-hydrogen) atoms. The molecule has 0 aromatic carbocycles. The van der Waals surface area contributed by atoms with Gasteiger partial charge in [-0.1, -0.05) is 0 Å². The molecule has 2 heterocycles. The molecule has 1 saturated heterocycles. The lowest BCUT2D eigenvalue weighted by Gasteiger charge is -2.09. The highest BCUT2D eigenvalue weighted by Gasteiger charge is 2.26. The third-order valence-corrected chi connectivity index (χ3v) is 6.25. The van der Waals surface area contributed by atoms with E-state index in [1.807, 2.05) is 0 Å². The molecule has 1 fully saturated rings. The van der Waals surface area contributed by atoms with E-state index in [9.17, 15) is 13.2 Å². The summed E-state index contributed by atoms with van der Waals surface area (Å²) in [5.74, 6) is 0.586. The number of rotatable bonds is 5. The molecule has 106 valence electrons. The van der Waals surface area contributed by atoms with Gasteiger partial charge in [-0.25, -0.2) is 17.9 Å². The standard InChI is InChI=1S/C10H12BrNO5S2/c11-9-8(3-7(17-9)10(13)14)19(15,16)12-4-6-1-2-18-5-6/h3,6,12H,1-2,4-5H2,(H,13,14). The molecule has 0 amide bonds. The average Bonchev–Trinajstić information content (AvgIpc) is 2.95. The molecule has 1 aliphatic heterocycles. The number of halogens is 1. The predicted molar refractivity (Wildman–Crippen MR) is 74.0 cm³/mol. The molecule has 0 bridgehead atoms. The topological polar surface area (TPSA) is 96.6 Å². The summed E-state index contributed by atoms with van der Waals surface area (Å²) in [7, 11) is -3.75. The summed E-state index contributed by atoms with van der Waals surface area (Å²) in [6.07, 6.45) is 0.986. The first kappa shape index (κ1) is 14.9. The van der Waals surface area contributed by atoms with Crippen LogP contribution in [0.5, 0.6) is 0 Å². The number of carboxylic acid groups (broad SMARTS) is 1. The van der Waals surface area contributed by atoms with E-state index >= 15 is 0 Å². The van der Waals surface area contributed by atoms with Gasteiger partial charge in [-0.15, -0.1) is 0 Å². The average molecular weight is 370 g/mol. The number of hydrogen-bond donors (Lipinski definition) is 2. The second-order valence-corrected chi connectivity index (χ2v) is 7.74. The van der Waals surface area contributed by atoms with Crippen LogP contribution in [0.15, 0.2) is 20.0 Å². The minimum absolute atomic E-state index is 0.0989. The molecule has 1 aliphatic rings. The lowest BCUT2D eigenvalue weighted by atomic mass is 10.1. The Hall–Kier alpha value is -0.510. The molecule has 0 aliphatic carbocycles. The summed E-state index contributed by atoms with van der Waals surface area (Å²) in [5.41, 5.74) is 0. The first-order valence-electron chi connectivity index (χ1n) is 5.50. The Bertz CT molecular complexity index is 577. The number of furan rings is 1. The van der Waals surface area contributed by atoms with Gasteiger partial charge in [-0.2, -0.15) is 11.8 Å². The number of thioether (sulfide) groups is 1. The van der Waals surface area contributed by atoms with Crippen LogP contribution >= 0.6 is 27.7 Å². The molecule has 2 rings (SSSR count). The summed E-state index contributed by atoms with van der Waals surface area (Å²) >= 11 is 4.72. The summed E-state index contributed by atoms with van der Waals surface area (Å²) < 4.78 is 31.3. The Morgan fingerprint density at radius 3 is 2.89 bits per heavy atom. The van der Waals surface area contributed by atoms with E-state index < -0.39 is 21.8 Å². The molecule has 1 aromatic heterocycles. The van der Waals surface area contributed by atoms with Crippen LogP contribution in [-0.2, 0) is 10.0 Å². The van der Waals surface area contributed by atoms with Crippen LogP contribution in [-0.4, -0.2) is 37.5 Å². The quantitative estimate of drug-likeness (QED) is 0.820. The van der Waals surface area contributed by atoms with E-state index in [-0.39, 0.29) is 9.56 Å². The second kappa shape index (κ2) is 5.86. The lowest BCUT2D eigenvalue weighted by Crippen LogP contribution is -2.29. The fourth-order valence-corrected chi connectivity index (χ4v) is 5.03. The van der Waals surface area contributed by atoms with Gasteiger partial charge in [0, 0.05) is 12.6 Å². The minimum atomic E-state index is -3.75. The number of nitrogens with one attached hydrogen (secondary N) is 1. The fourth-order valence-electron chi connectivity index (χ4n) is 1.69. The summed E-state index contributed by atoms with van der Waals surface area (Å²) in [4.78, 5) is 10.5. The summed E-state index contributed by atoms with van der Waals surface area (Å²) in [5, 5.41) is 8.76. The number of carboxylic acids is 1. The maximum absolute atomic E-state index is 12.0. The van der Waals surface area contributed by atoms with Crippen molar-refractivity contribution in [2.24, 2.45) is 5.92 Å². The summed E-state index contributed by atoms with van der Waals surface area (Å²) in [6, 6.07) is 0.998. The van der Waals surface area contributed by atoms with Gasteiger partial charge in [-0.05, 0) is 39.8 Å². The van der Waals surface area contributed by atoms with Crippen LogP contribution in [0.4, 0.5) is 0 Å². The zero-order chi connectivity index (χ0) is 14.0. The van der Waals surface area contributed by atoms with Gasteiger partial charge in [0.25, 0.3) is 0 Å². The Morgan fingerprint density at radius 1 is 1.63 bits per heavy atom. The van der Waals surface area contributed by atoms with Gasteiger partial charge in [-0.3, -0.25) is 0 Å². The van der Waals surface area contributed by atoms with E-state index in [1.54, 1.807) is 11.8 Å². The van der Waals surface area contributed by atoms with Gasteiger partial charge < -0.3 is 9.52 Å². The number of aromatic carboxylic acids is 1. The van der Waals surface area contributed by atoms with Crippen molar-refractivity contribution in [2.75, 3.05) is 18.1 Å². The Balaban J connectivity index is 2.12. The largest absolute Gasteiger partial charge is 0.475 e. The number of sulfonamides is 1. The lowest BCUT2D eigenvalue weighted by molar-refractivity contribution is 0.0661. The van der Waals surface area contributed by atoms with E-state index in [0.717, 1.165) is 24.0 Å². The van der Waals surface area contributed by atoms with Gasteiger partial charge >= 0.3 is 5.97 Å². The molecule has 9 heteroatoms. The van der Waals surface area contributed by atoms with E-state index in [4.69, 9.17) is 9.52 Å².